The van der Waals surface area contributed by atoms with E-state index in [1.807, 2.05) is 0 Å². The molecule has 13 heteroatoms. The topological polar surface area (TPSA) is 125 Å². The number of fused-ring (bicyclic) bond motifs is 1. The van der Waals surface area contributed by atoms with E-state index in [0.717, 1.165) is 17.8 Å². The molecule has 1 amide bonds. The van der Waals surface area contributed by atoms with Crippen molar-refractivity contribution in [3.05, 3.63) is 64.1 Å². The molecule has 2 heterocycles. The lowest BCUT2D eigenvalue weighted by Crippen LogP contribution is -2.14. The highest BCUT2D eigenvalue weighted by Gasteiger charge is 2.20. The summed E-state index contributed by atoms with van der Waals surface area (Å²) in [6.07, 6.45) is 1.34. The molecule has 4 rings (SSSR count). The Bertz CT molecular complexity index is 1390. The summed E-state index contributed by atoms with van der Waals surface area (Å²) in [5, 5.41) is 7.34. The Morgan fingerprint density at radius 3 is 2.52 bits per heavy atom. The summed E-state index contributed by atoms with van der Waals surface area (Å²) in [6.45, 7) is 0. The average molecular weight is 494 g/mol. The maximum absolute atomic E-state index is 14.3. The smallest absolute Gasteiger partial charge is 0.283 e. The molecule has 0 aliphatic rings. The Labute approximate surface area is 194 Å². The summed E-state index contributed by atoms with van der Waals surface area (Å²) in [4.78, 5) is 20.0. The lowest BCUT2D eigenvalue weighted by atomic mass is 10.1. The molecule has 0 spiro atoms. The Balaban J connectivity index is 1.85. The SMILES string of the molecule is CSC(=O)Nc1c(N)nc(-n2nc(Cc3cc(F)cc(F)c3F)c3cc(Cl)ccc32)nc1N. The fourth-order valence-electron chi connectivity index (χ4n) is 3.21. The highest BCUT2D eigenvalue weighted by atomic mass is 35.5. The van der Waals surface area contributed by atoms with E-state index in [1.165, 1.54) is 4.68 Å². The first-order valence-corrected chi connectivity index (χ1v) is 10.9. The van der Waals surface area contributed by atoms with Crippen LogP contribution >= 0.6 is 23.4 Å². The van der Waals surface area contributed by atoms with E-state index in [9.17, 15) is 18.0 Å². The number of amides is 1. The van der Waals surface area contributed by atoms with Gasteiger partial charge in [0.1, 0.15) is 11.5 Å². The van der Waals surface area contributed by atoms with Crippen LogP contribution in [0.1, 0.15) is 11.3 Å². The van der Waals surface area contributed by atoms with Crippen LogP contribution in [-0.2, 0) is 6.42 Å². The zero-order valence-corrected chi connectivity index (χ0v) is 18.4. The van der Waals surface area contributed by atoms with Gasteiger partial charge in [0.25, 0.3) is 11.2 Å². The number of carbonyl (C=O) groups is 1. The van der Waals surface area contributed by atoms with Crippen molar-refractivity contribution < 1.29 is 18.0 Å². The van der Waals surface area contributed by atoms with E-state index >= 15 is 0 Å². The fourth-order valence-corrected chi connectivity index (χ4v) is 3.59. The third-order valence-corrected chi connectivity index (χ3v) is 5.41. The molecule has 0 fully saturated rings. The standard InChI is InChI=1S/C20H15ClF3N7OS/c1-33-20(32)27-16-17(25)28-19(29-18(16)26)31-14-3-2-9(21)6-11(14)13(30-31)5-8-4-10(22)7-12(23)15(8)24/h2-4,6-7H,5H2,1H3,(H,27,32)(H4,25,26,28,29). The number of nitrogens with one attached hydrogen (secondary N) is 1. The van der Waals surface area contributed by atoms with Crippen molar-refractivity contribution in [2.24, 2.45) is 0 Å². The summed E-state index contributed by atoms with van der Waals surface area (Å²) in [5.41, 5.74) is 12.5. The molecule has 2 aromatic carbocycles. The quantitative estimate of drug-likeness (QED) is 0.356. The molecule has 0 aliphatic heterocycles. The maximum Gasteiger partial charge on any atom is 0.283 e. The molecular formula is C20H15ClF3N7OS. The number of hydrogen-bond acceptors (Lipinski definition) is 7. The molecular weight excluding hydrogens is 479 g/mol. The molecule has 170 valence electrons. The highest BCUT2D eigenvalue weighted by molar-refractivity contribution is 8.13. The third kappa shape index (κ3) is 4.39. The Hall–Kier alpha value is -3.51. The number of nitrogens with zero attached hydrogens (tertiary/aromatic N) is 4. The number of anilines is 3. The van der Waals surface area contributed by atoms with Crippen LogP contribution in [-0.4, -0.2) is 31.2 Å². The van der Waals surface area contributed by atoms with Gasteiger partial charge in [-0.25, -0.2) is 13.2 Å². The summed E-state index contributed by atoms with van der Waals surface area (Å²) in [6, 6.07) is 6.14. The number of carbonyl (C=O) groups excluding carboxylic acids is 1. The van der Waals surface area contributed by atoms with Crippen LogP contribution in [0.3, 0.4) is 0 Å². The Kier molecular flexibility index (Phi) is 6.04. The van der Waals surface area contributed by atoms with E-state index < -0.39 is 22.7 Å². The van der Waals surface area contributed by atoms with Crippen LogP contribution in [0.2, 0.25) is 5.02 Å². The number of thioether (sulfide) groups is 1. The number of halogens is 4. The number of benzene rings is 2. The molecule has 8 nitrogen and oxygen atoms in total. The molecule has 0 saturated carbocycles. The van der Waals surface area contributed by atoms with E-state index in [4.69, 9.17) is 23.1 Å². The van der Waals surface area contributed by atoms with E-state index in [2.05, 4.69) is 20.4 Å². The predicted octanol–water partition coefficient (Wildman–Crippen LogP) is 4.54. The summed E-state index contributed by atoms with van der Waals surface area (Å²) < 4.78 is 42.9. The molecule has 5 N–H and O–H groups in total. The van der Waals surface area contributed by atoms with Gasteiger partial charge < -0.3 is 16.8 Å². The molecule has 0 aliphatic carbocycles. The van der Waals surface area contributed by atoms with E-state index in [0.29, 0.717) is 22.0 Å². The average Bonchev–Trinajstić information content (AvgIpc) is 3.11. The lowest BCUT2D eigenvalue weighted by molar-refractivity contribution is 0.270. The second-order valence-electron chi connectivity index (χ2n) is 6.84. The van der Waals surface area contributed by atoms with Crippen molar-refractivity contribution >= 4 is 56.8 Å². The maximum atomic E-state index is 14.3. The van der Waals surface area contributed by atoms with Crippen molar-refractivity contribution in [3.8, 4) is 5.95 Å². The van der Waals surface area contributed by atoms with Gasteiger partial charge in [0.2, 0.25) is 0 Å². The molecule has 0 unspecified atom stereocenters. The predicted molar refractivity (Wildman–Crippen MR) is 122 cm³/mol. The molecule has 0 atom stereocenters. The Morgan fingerprint density at radius 2 is 1.85 bits per heavy atom. The second kappa shape index (κ2) is 8.79. The van der Waals surface area contributed by atoms with Crippen LogP contribution in [0.4, 0.5) is 35.3 Å². The van der Waals surface area contributed by atoms with E-state index in [-0.39, 0.29) is 40.9 Å². The zero-order chi connectivity index (χ0) is 23.9. The van der Waals surface area contributed by atoms with Crippen LogP contribution in [0.15, 0.2) is 30.3 Å². The van der Waals surface area contributed by atoms with Crippen molar-refractivity contribution in [1.29, 1.82) is 0 Å². The normalized spacial score (nSPS) is 11.2. The van der Waals surface area contributed by atoms with Crippen LogP contribution in [0.25, 0.3) is 16.9 Å². The van der Waals surface area contributed by atoms with Gasteiger partial charge in [-0.1, -0.05) is 23.4 Å². The second-order valence-corrected chi connectivity index (χ2v) is 8.06. The molecule has 33 heavy (non-hydrogen) atoms. The monoisotopic (exact) mass is 493 g/mol. The first-order valence-electron chi connectivity index (χ1n) is 9.26. The zero-order valence-electron chi connectivity index (χ0n) is 16.9. The summed E-state index contributed by atoms with van der Waals surface area (Å²) in [5.74, 6) is -3.64. The third-order valence-electron chi connectivity index (χ3n) is 4.70. The number of nitrogens with two attached hydrogens (primary N) is 2. The van der Waals surface area contributed by atoms with Crippen molar-refractivity contribution in [3.63, 3.8) is 0 Å². The first kappa shape index (κ1) is 22.7. The van der Waals surface area contributed by atoms with Gasteiger partial charge in [-0.15, -0.1) is 0 Å². The van der Waals surface area contributed by atoms with Gasteiger partial charge in [0.05, 0.1) is 11.2 Å². The van der Waals surface area contributed by atoms with Gasteiger partial charge >= 0.3 is 0 Å². The lowest BCUT2D eigenvalue weighted by Gasteiger charge is -2.11. The van der Waals surface area contributed by atoms with Gasteiger partial charge in [0, 0.05) is 22.9 Å². The number of aromatic nitrogens is 4. The molecule has 2 aromatic heterocycles. The minimum absolute atomic E-state index is 0.0309. The van der Waals surface area contributed by atoms with E-state index in [1.54, 1.807) is 24.5 Å². The summed E-state index contributed by atoms with van der Waals surface area (Å²) in [7, 11) is 0. The largest absolute Gasteiger partial charge is 0.382 e. The van der Waals surface area contributed by atoms with Gasteiger partial charge in [0.15, 0.2) is 23.3 Å². The van der Waals surface area contributed by atoms with Gasteiger partial charge in [-0.2, -0.15) is 19.7 Å². The van der Waals surface area contributed by atoms with Crippen LogP contribution < -0.4 is 16.8 Å². The number of hydrogen-bond donors (Lipinski definition) is 3. The molecule has 4 aromatic rings. The van der Waals surface area contributed by atoms with Gasteiger partial charge in [-0.05, 0) is 36.1 Å². The van der Waals surface area contributed by atoms with Crippen molar-refractivity contribution in [2.45, 2.75) is 6.42 Å². The van der Waals surface area contributed by atoms with Crippen LogP contribution in [0, 0.1) is 17.5 Å². The molecule has 0 bridgehead atoms. The number of rotatable bonds is 4. The minimum Gasteiger partial charge on any atom is -0.382 e. The Morgan fingerprint density at radius 1 is 1.15 bits per heavy atom. The van der Waals surface area contributed by atoms with Crippen LogP contribution in [0.5, 0.6) is 0 Å². The molecule has 0 radical (unpaired) electrons. The highest BCUT2D eigenvalue weighted by Crippen LogP contribution is 2.30. The summed E-state index contributed by atoms with van der Waals surface area (Å²) >= 11 is 7.04. The molecule has 0 saturated heterocycles. The first-order chi connectivity index (χ1) is 15.7. The minimum atomic E-state index is -1.31. The fraction of sp³-hybridized carbons (Fsp3) is 0.100. The number of nitrogen functional groups attached to an aromatic ring is 2. The van der Waals surface area contributed by atoms with Gasteiger partial charge in [-0.3, -0.25) is 4.79 Å². The van der Waals surface area contributed by atoms with Crippen molar-refractivity contribution in [1.82, 2.24) is 19.7 Å². The van der Waals surface area contributed by atoms with Crippen molar-refractivity contribution in [2.75, 3.05) is 23.0 Å².